The number of halogens is 1. The van der Waals surface area contributed by atoms with Gasteiger partial charge in [0.1, 0.15) is 17.4 Å². The Morgan fingerprint density at radius 3 is 2.94 bits per heavy atom. The monoisotopic (exact) mass is 432 g/mol. The number of fused-ring (bicyclic) bond motifs is 1. The smallest absolute Gasteiger partial charge is 0.258 e. The van der Waals surface area contributed by atoms with Crippen LogP contribution in [-0.2, 0) is 4.79 Å². The predicted octanol–water partition coefficient (Wildman–Crippen LogP) is 3.87. The maximum absolute atomic E-state index is 14.2. The molecule has 162 valence electrons. The van der Waals surface area contributed by atoms with E-state index in [9.17, 15) is 9.18 Å². The second-order valence-electron chi connectivity index (χ2n) is 7.83. The van der Waals surface area contributed by atoms with Gasteiger partial charge in [0.2, 0.25) is 0 Å². The van der Waals surface area contributed by atoms with E-state index in [1.807, 2.05) is 25.1 Å². The lowest BCUT2D eigenvalue weighted by Gasteiger charge is -2.12. The second-order valence-corrected chi connectivity index (χ2v) is 7.83. The van der Waals surface area contributed by atoms with Crippen molar-refractivity contribution >= 4 is 28.3 Å². The first-order valence-electron chi connectivity index (χ1n) is 10.3. The third-order valence-electron chi connectivity index (χ3n) is 5.12. The molecule has 2 aromatic heterocycles. The van der Waals surface area contributed by atoms with E-state index in [1.165, 1.54) is 12.1 Å². The minimum absolute atomic E-state index is 0.169. The second kappa shape index (κ2) is 8.26. The Morgan fingerprint density at radius 1 is 1.22 bits per heavy atom. The summed E-state index contributed by atoms with van der Waals surface area (Å²) in [4.78, 5) is 20.8. The summed E-state index contributed by atoms with van der Waals surface area (Å²) in [5, 5.41) is 14.0. The van der Waals surface area contributed by atoms with Crippen molar-refractivity contribution in [3.63, 3.8) is 0 Å². The molecule has 8 nitrogen and oxygen atoms in total. The Balaban J connectivity index is 1.36. The van der Waals surface area contributed by atoms with Crippen LogP contribution in [0.3, 0.4) is 0 Å². The van der Waals surface area contributed by atoms with Gasteiger partial charge in [-0.2, -0.15) is 5.10 Å². The van der Waals surface area contributed by atoms with Gasteiger partial charge in [-0.1, -0.05) is 0 Å². The largest absolute Gasteiger partial charge is 0.484 e. The Morgan fingerprint density at radius 2 is 2.09 bits per heavy atom. The summed E-state index contributed by atoms with van der Waals surface area (Å²) in [5.74, 6) is 0.480. The Kier molecular flexibility index (Phi) is 5.14. The van der Waals surface area contributed by atoms with E-state index in [1.54, 1.807) is 18.5 Å². The molecule has 1 aliphatic carbocycles. The van der Waals surface area contributed by atoms with E-state index in [0.29, 0.717) is 17.2 Å². The van der Waals surface area contributed by atoms with Gasteiger partial charge in [0.15, 0.2) is 12.4 Å². The van der Waals surface area contributed by atoms with Crippen LogP contribution in [0.25, 0.3) is 22.3 Å². The van der Waals surface area contributed by atoms with Crippen LogP contribution in [-0.4, -0.2) is 38.7 Å². The number of ether oxygens (including phenoxy) is 1. The number of aromatic nitrogens is 4. The van der Waals surface area contributed by atoms with Crippen LogP contribution >= 0.6 is 0 Å². The van der Waals surface area contributed by atoms with E-state index >= 15 is 0 Å². The number of benzene rings is 2. The number of carbonyl (C=O) groups is 1. The molecule has 0 aliphatic heterocycles. The molecule has 2 aromatic carbocycles. The first-order chi connectivity index (χ1) is 15.5. The van der Waals surface area contributed by atoms with Gasteiger partial charge in [-0.05, 0) is 50.1 Å². The van der Waals surface area contributed by atoms with Crippen molar-refractivity contribution in [2.75, 3.05) is 11.9 Å². The Bertz CT molecular complexity index is 1300. The SMILES string of the molecule is Cc1cnc(-c2cc(F)cc(OCC(=O)NC3CC3)c2)nc1Nc1ccc2[nH]ncc2c1. The highest BCUT2D eigenvalue weighted by molar-refractivity contribution is 5.83. The number of rotatable bonds is 7. The lowest BCUT2D eigenvalue weighted by atomic mass is 10.2. The summed E-state index contributed by atoms with van der Waals surface area (Å²) >= 11 is 0. The number of aromatic amines is 1. The summed E-state index contributed by atoms with van der Waals surface area (Å²) in [6.07, 6.45) is 5.41. The zero-order valence-corrected chi connectivity index (χ0v) is 17.4. The predicted molar refractivity (Wildman–Crippen MR) is 118 cm³/mol. The molecular formula is C23H21FN6O2. The molecule has 0 spiro atoms. The van der Waals surface area contributed by atoms with Gasteiger partial charge < -0.3 is 15.4 Å². The third kappa shape index (κ3) is 4.51. The molecule has 0 unspecified atom stereocenters. The van der Waals surface area contributed by atoms with Gasteiger partial charge in [0.05, 0.1) is 11.7 Å². The lowest BCUT2D eigenvalue weighted by molar-refractivity contribution is -0.123. The molecule has 2 heterocycles. The summed E-state index contributed by atoms with van der Waals surface area (Å²) in [6, 6.07) is 10.3. The molecule has 0 atom stereocenters. The first-order valence-corrected chi connectivity index (χ1v) is 10.3. The summed E-state index contributed by atoms with van der Waals surface area (Å²) in [5.41, 5.74) is 3.08. The zero-order chi connectivity index (χ0) is 22.1. The van der Waals surface area contributed by atoms with Gasteiger partial charge >= 0.3 is 0 Å². The molecule has 3 N–H and O–H groups in total. The fraction of sp³-hybridized carbons (Fsp3) is 0.217. The van der Waals surface area contributed by atoms with Crippen LogP contribution in [0.1, 0.15) is 18.4 Å². The van der Waals surface area contributed by atoms with E-state index in [4.69, 9.17) is 4.74 Å². The first kappa shape index (κ1) is 19.9. The molecular weight excluding hydrogens is 411 g/mol. The Hall–Kier alpha value is -4.01. The number of hydrogen-bond acceptors (Lipinski definition) is 6. The van der Waals surface area contributed by atoms with Gasteiger partial charge in [-0.25, -0.2) is 14.4 Å². The van der Waals surface area contributed by atoms with Crippen LogP contribution in [0.15, 0.2) is 48.8 Å². The molecule has 0 bridgehead atoms. The van der Waals surface area contributed by atoms with Crippen LogP contribution < -0.4 is 15.4 Å². The molecule has 4 aromatic rings. The topological polar surface area (TPSA) is 105 Å². The van der Waals surface area contributed by atoms with Crippen LogP contribution in [0.4, 0.5) is 15.9 Å². The highest BCUT2D eigenvalue weighted by Gasteiger charge is 2.23. The number of aryl methyl sites for hydroxylation is 1. The molecule has 32 heavy (non-hydrogen) atoms. The molecule has 0 radical (unpaired) electrons. The third-order valence-corrected chi connectivity index (χ3v) is 5.12. The van der Waals surface area contributed by atoms with Gasteiger partial charge in [-0.3, -0.25) is 9.89 Å². The summed E-state index contributed by atoms with van der Waals surface area (Å²) in [7, 11) is 0. The van der Waals surface area contributed by atoms with Crippen LogP contribution in [0, 0.1) is 12.7 Å². The molecule has 0 saturated heterocycles. The van der Waals surface area contributed by atoms with E-state index in [-0.39, 0.29) is 24.3 Å². The molecule has 5 rings (SSSR count). The maximum Gasteiger partial charge on any atom is 0.258 e. The van der Waals surface area contributed by atoms with Gasteiger partial charge in [0.25, 0.3) is 5.91 Å². The van der Waals surface area contributed by atoms with E-state index in [2.05, 4.69) is 30.8 Å². The molecule has 1 amide bonds. The van der Waals surface area contributed by atoms with E-state index in [0.717, 1.165) is 35.0 Å². The molecule has 9 heteroatoms. The minimum atomic E-state index is -0.496. The van der Waals surface area contributed by atoms with Crippen LogP contribution in [0.5, 0.6) is 5.75 Å². The van der Waals surface area contributed by atoms with Crippen molar-refractivity contribution in [3.8, 4) is 17.1 Å². The van der Waals surface area contributed by atoms with Gasteiger partial charge in [0, 0.05) is 40.5 Å². The van der Waals surface area contributed by atoms with Crippen molar-refractivity contribution in [1.82, 2.24) is 25.5 Å². The van der Waals surface area contributed by atoms with Crippen molar-refractivity contribution in [2.24, 2.45) is 0 Å². The minimum Gasteiger partial charge on any atom is -0.484 e. The number of H-pyrrole nitrogens is 1. The zero-order valence-electron chi connectivity index (χ0n) is 17.4. The number of carbonyl (C=O) groups excluding carboxylic acids is 1. The number of hydrogen-bond donors (Lipinski definition) is 3. The van der Waals surface area contributed by atoms with Crippen molar-refractivity contribution < 1.29 is 13.9 Å². The van der Waals surface area contributed by atoms with E-state index < -0.39 is 5.82 Å². The molecule has 1 fully saturated rings. The Labute approximate surface area is 183 Å². The number of nitrogens with one attached hydrogen (secondary N) is 3. The fourth-order valence-electron chi connectivity index (χ4n) is 3.29. The standard InChI is InChI=1S/C23H21FN6O2/c1-13-10-25-23(29-22(13)28-18-4-5-20-15(7-18)11-26-30-20)14-6-16(24)9-19(8-14)32-12-21(31)27-17-2-3-17/h4-11,17H,2-3,12H2,1H3,(H,26,30)(H,27,31)(H,25,28,29). The number of nitrogens with zero attached hydrogens (tertiary/aromatic N) is 3. The molecule has 1 aliphatic rings. The quantitative estimate of drug-likeness (QED) is 0.410. The average molecular weight is 432 g/mol. The van der Waals surface area contributed by atoms with Crippen molar-refractivity contribution in [1.29, 1.82) is 0 Å². The highest BCUT2D eigenvalue weighted by Crippen LogP contribution is 2.27. The van der Waals surface area contributed by atoms with Crippen molar-refractivity contribution in [3.05, 3.63) is 60.2 Å². The lowest BCUT2D eigenvalue weighted by Crippen LogP contribution is -2.30. The maximum atomic E-state index is 14.2. The van der Waals surface area contributed by atoms with Gasteiger partial charge in [-0.15, -0.1) is 0 Å². The fourth-order valence-corrected chi connectivity index (χ4v) is 3.29. The number of anilines is 2. The number of amides is 1. The summed E-state index contributed by atoms with van der Waals surface area (Å²) in [6.45, 7) is 1.72. The normalized spacial score (nSPS) is 13.2. The summed E-state index contributed by atoms with van der Waals surface area (Å²) < 4.78 is 19.7. The molecule has 1 saturated carbocycles. The average Bonchev–Trinajstić information content (AvgIpc) is 3.46. The highest BCUT2D eigenvalue weighted by atomic mass is 19.1. The van der Waals surface area contributed by atoms with Crippen LogP contribution in [0.2, 0.25) is 0 Å². The van der Waals surface area contributed by atoms with Crippen molar-refractivity contribution in [2.45, 2.75) is 25.8 Å².